The van der Waals surface area contributed by atoms with Crippen LogP contribution in [0.25, 0.3) is 0 Å². The second-order valence-corrected chi connectivity index (χ2v) is 7.32. The predicted octanol–water partition coefficient (Wildman–Crippen LogP) is 1.11. The number of H-pyrrole nitrogens is 1. The van der Waals surface area contributed by atoms with Crippen molar-refractivity contribution in [3.8, 4) is 0 Å². The van der Waals surface area contributed by atoms with E-state index in [1.54, 1.807) is 0 Å². The SMILES string of the molecule is O=C(c1cccs1)N1CCCN(C(=O)c2n[nH]c3c2CNCC3)CC1. The Kier molecular flexibility index (Phi) is 4.54. The molecule has 4 heterocycles. The highest BCUT2D eigenvalue weighted by Crippen LogP contribution is 2.19. The number of carbonyl (C=O) groups is 2. The predicted molar refractivity (Wildman–Crippen MR) is 94.7 cm³/mol. The van der Waals surface area contributed by atoms with Gasteiger partial charge in [-0.15, -0.1) is 11.3 Å². The number of thiophene rings is 1. The number of nitrogens with zero attached hydrogens (tertiary/aromatic N) is 3. The van der Waals surface area contributed by atoms with Gasteiger partial charge in [-0.05, 0) is 17.9 Å². The first-order valence-corrected chi connectivity index (χ1v) is 9.51. The molecule has 0 saturated carbocycles. The highest BCUT2D eigenvalue weighted by atomic mass is 32.1. The van der Waals surface area contributed by atoms with Crippen molar-refractivity contribution in [2.75, 3.05) is 32.7 Å². The smallest absolute Gasteiger partial charge is 0.274 e. The number of nitrogens with one attached hydrogen (secondary N) is 2. The fourth-order valence-electron chi connectivity index (χ4n) is 3.43. The first-order chi connectivity index (χ1) is 12.2. The molecule has 0 aliphatic carbocycles. The lowest BCUT2D eigenvalue weighted by molar-refractivity contribution is 0.0717. The normalized spacial score (nSPS) is 17.9. The van der Waals surface area contributed by atoms with E-state index in [1.807, 2.05) is 27.3 Å². The molecule has 2 aromatic rings. The van der Waals surface area contributed by atoms with Crippen molar-refractivity contribution in [3.05, 3.63) is 39.3 Å². The summed E-state index contributed by atoms with van der Waals surface area (Å²) < 4.78 is 0. The van der Waals surface area contributed by atoms with Crippen LogP contribution in [0.2, 0.25) is 0 Å². The zero-order valence-electron chi connectivity index (χ0n) is 14.0. The largest absolute Gasteiger partial charge is 0.336 e. The quantitative estimate of drug-likeness (QED) is 0.842. The van der Waals surface area contributed by atoms with Crippen LogP contribution in [-0.4, -0.2) is 64.5 Å². The molecule has 0 unspecified atom stereocenters. The van der Waals surface area contributed by atoms with E-state index in [9.17, 15) is 9.59 Å². The number of fused-ring (bicyclic) bond motifs is 1. The topological polar surface area (TPSA) is 81.3 Å². The van der Waals surface area contributed by atoms with Gasteiger partial charge in [-0.25, -0.2) is 0 Å². The van der Waals surface area contributed by atoms with Crippen LogP contribution in [0.3, 0.4) is 0 Å². The Labute approximate surface area is 150 Å². The fraction of sp³-hybridized carbons (Fsp3) is 0.471. The highest BCUT2D eigenvalue weighted by Gasteiger charge is 2.28. The van der Waals surface area contributed by atoms with Gasteiger partial charge in [0.15, 0.2) is 5.69 Å². The molecule has 132 valence electrons. The Morgan fingerprint density at radius 2 is 1.92 bits per heavy atom. The molecule has 2 aromatic heterocycles. The van der Waals surface area contributed by atoms with Crippen molar-refractivity contribution in [2.24, 2.45) is 0 Å². The van der Waals surface area contributed by atoms with Gasteiger partial charge in [0, 0.05) is 56.9 Å². The van der Waals surface area contributed by atoms with E-state index < -0.39 is 0 Å². The zero-order valence-corrected chi connectivity index (χ0v) is 14.8. The van der Waals surface area contributed by atoms with E-state index in [-0.39, 0.29) is 11.8 Å². The molecule has 2 N–H and O–H groups in total. The van der Waals surface area contributed by atoms with Gasteiger partial charge in [-0.1, -0.05) is 6.07 Å². The Bertz CT molecular complexity index is 770. The zero-order chi connectivity index (χ0) is 17.2. The number of amides is 2. The van der Waals surface area contributed by atoms with Gasteiger partial charge in [-0.2, -0.15) is 5.10 Å². The third kappa shape index (κ3) is 3.19. The molecule has 25 heavy (non-hydrogen) atoms. The van der Waals surface area contributed by atoms with Crippen LogP contribution < -0.4 is 5.32 Å². The van der Waals surface area contributed by atoms with E-state index in [1.165, 1.54) is 11.3 Å². The van der Waals surface area contributed by atoms with Gasteiger partial charge in [0.25, 0.3) is 11.8 Å². The summed E-state index contributed by atoms with van der Waals surface area (Å²) >= 11 is 1.46. The molecule has 8 heteroatoms. The average Bonchev–Trinajstić information content (AvgIpc) is 3.25. The molecule has 0 aromatic carbocycles. The number of carbonyl (C=O) groups excluding carboxylic acids is 2. The Hall–Kier alpha value is -2.19. The summed E-state index contributed by atoms with van der Waals surface area (Å²) in [5.74, 6) is 0.0253. The molecule has 4 rings (SSSR count). The summed E-state index contributed by atoms with van der Waals surface area (Å²) in [6, 6.07) is 3.74. The van der Waals surface area contributed by atoms with Crippen molar-refractivity contribution in [2.45, 2.75) is 19.4 Å². The van der Waals surface area contributed by atoms with Crippen molar-refractivity contribution < 1.29 is 9.59 Å². The second-order valence-electron chi connectivity index (χ2n) is 6.37. The molecule has 1 saturated heterocycles. The standard InChI is InChI=1S/C17H21N5O2S/c23-16(14-3-1-10-25-14)21-6-2-7-22(9-8-21)17(24)15-12-11-18-5-4-13(12)19-20-15/h1,3,10,18H,2,4-9,11H2,(H,19,20). The van der Waals surface area contributed by atoms with Crippen LogP contribution in [0.1, 0.15) is 37.8 Å². The molecule has 1 fully saturated rings. The molecule has 7 nitrogen and oxygen atoms in total. The Balaban J connectivity index is 1.45. The number of hydrogen-bond acceptors (Lipinski definition) is 5. The molecule has 0 atom stereocenters. The monoisotopic (exact) mass is 359 g/mol. The van der Waals surface area contributed by atoms with E-state index in [2.05, 4.69) is 15.5 Å². The fourth-order valence-corrected chi connectivity index (χ4v) is 4.12. The van der Waals surface area contributed by atoms with Crippen LogP contribution in [-0.2, 0) is 13.0 Å². The molecule has 2 aliphatic heterocycles. The molecule has 2 aliphatic rings. The first kappa shape index (κ1) is 16.3. The van der Waals surface area contributed by atoms with Gasteiger partial charge in [0.05, 0.1) is 4.88 Å². The van der Waals surface area contributed by atoms with E-state index in [0.29, 0.717) is 38.4 Å². The van der Waals surface area contributed by atoms with Gasteiger partial charge in [-0.3, -0.25) is 14.7 Å². The maximum Gasteiger partial charge on any atom is 0.274 e. The van der Waals surface area contributed by atoms with E-state index >= 15 is 0 Å². The third-order valence-corrected chi connectivity index (χ3v) is 5.67. The summed E-state index contributed by atoms with van der Waals surface area (Å²) in [4.78, 5) is 29.9. The van der Waals surface area contributed by atoms with Gasteiger partial charge in [0.2, 0.25) is 0 Å². The van der Waals surface area contributed by atoms with Crippen LogP contribution in [0, 0.1) is 0 Å². The molecular formula is C17H21N5O2S. The maximum absolute atomic E-state index is 12.9. The minimum Gasteiger partial charge on any atom is -0.336 e. The minimum absolute atomic E-state index is 0.0355. The van der Waals surface area contributed by atoms with Gasteiger partial charge >= 0.3 is 0 Å². The molecule has 0 radical (unpaired) electrons. The summed E-state index contributed by atoms with van der Waals surface area (Å²) in [6.45, 7) is 4.04. The van der Waals surface area contributed by atoms with Crippen LogP contribution in [0.4, 0.5) is 0 Å². The summed E-state index contributed by atoms with van der Waals surface area (Å²) in [6.07, 6.45) is 1.66. The van der Waals surface area contributed by atoms with Crippen molar-refractivity contribution >= 4 is 23.2 Å². The molecule has 2 amide bonds. The van der Waals surface area contributed by atoms with E-state index in [4.69, 9.17) is 0 Å². The first-order valence-electron chi connectivity index (χ1n) is 8.63. The molecule has 0 spiro atoms. The lowest BCUT2D eigenvalue weighted by Gasteiger charge is -2.22. The summed E-state index contributed by atoms with van der Waals surface area (Å²) in [7, 11) is 0. The summed E-state index contributed by atoms with van der Waals surface area (Å²) in [5.41, 5.74) is 2.58. The Morgan fingerprint density at radius 1 is 1.12 bits per heavy atom. The third-order valence-electron chi connectivity index (χ3n) is 4.81. The Morgan fingerprint density at radius 3 is 2.68 bits per heavy atom. The van der Waals surface area contributed by atoms with Crippen molar-refractivity contribution in [1.29, 1.82) is 0 Å². The molecule has 0 bridgehead atoms. The lowest BCUT2D eigenvalue weighted by Crippen LogP contribution is -2.38. The van der Waals surface area contributed by atoms with Crippen molar-refractivity contribution in [1.82, 2.24) is 25.3 Å². The van der Waals surface area contributed by atoms with Gasteiger partial charge < -0.3 is 15.1 Å². The number of rotatable bonds is 2. The lowest BCUT2D eigenvalue weighted by atomic mass is 10.1. The number of aromatic nitrogens is 2. The summed E-state index contributed by atoms with van der Waals surface area (Å²) in [5, 5.41) is 12.5. The van der Waals surface area contributed by atoms with Crippen LogP contribution in [0.15, 0.2) is 17.5 Å². The minimum atomic E-state index is -0.0355. The van der Waals surface area contributed by atoms with E-state index in [0.717, 1.165) is 35.5 Å². The van der Waals surface area contributed by atoms with Crippen LogP contribution in [0.5, 0.6) is 0 Å². The number of hydrogen-bond donors (Lipinski definition) is 2. The second kappa shape index (κ2) is 6.97. The average molecular weight is 359 g/mol. The maximum atomic E-state index is 12.9. The van der Waals surface area contributed by atoms with Crippen LogP contribution >= 0.6 is 11.3 Å². The highest BCUT2D eigenvalue weighted by molar-refractivity contribution is 7.12. The van der Waals surface area contributed by atoms with Crippen molar-refractivity contribution in [3.63, 3.8) is 0 Å². The molecular weight excluding hydrogens is 338 g/mol. The number of aromatic amines is 1. The van der Waals surface area contributed by atoms with Gasteiger partial charge in [0.1, 0.15) is 0 Å².